The van der Waals surface area contributed by atoms with E-state index in [0.29, 0.717) is 5.69 Å². The van der Waals surface area contributed by atoms with E-state index < -0.39 is 0 Å². The molecule has 3 N–H and O–H groups in total. The van der Waals surface area contributed by atoms with Gasteiger partial charge in [0.2, 0.25) is 0 Å². The molecule has 1 rings (SSSR count). The Morgan fingerprint density at radius 2 is 2.50 bits per heavy atom. The SMILES string of the molecule is COc1nccc(/C(N)=N\O)n1. The normalized spacial score (nSPS) is 11.2. The van der Waals surface area contributed by atoms with Crippen LogP contribution in [0.3, 0.4) is 0 Å². The minimum Gasteiger partial charge on any atom is -0.467 e. The summed E-state index contributed by atoms with van der Waals surface area (Å²) in [6, 6.07) is 1.69. The topological polar surface area (TPSA) is 93.6 Å². The fourth-order valence-electron chi connectivity index (χ4n) is 0.633. The Morgan fingerprint density at radius 1 is 1.75 bits per heavy atom. The molecule has 6 nitrogen and oxygen atoms in total. The highest BCUT2D eigenvalue weighted by atomic mass is 16.5. The predicted molar refractivity (Wildman–Crippen MR) is 41.1 cm³/mol. The number of ether oxygens (including phenoxy) is 1. The lowest BCUT2D eigenvalue weighted by atomic mass is 10.4. The van der Waals surface area contributed by atoms with Gasteiger partial charge in [0, 0.05) is 6.20 Å². The number of aromatic nitrogens is 2. The molecule has 0 aliphatic heterocycles. The van der Waals surface area contributed by atoms with Crippen molar-refractivity contribution in [3.63, 3.8) is 0 Å². The van der Waals surface area contributed by atoms with Gasteiger partial charge in [-0.3, -0.25) is 0 Å². The average Bonchev–Trinajstić information content (AvgIpc) is 2.17. The van der Waals surface area contributed by atoms with Crippen LogP contribution in [0.4, 0.5) is 0 Å². The van der Waals surface area contributed by atoms with E-state index >= 15 is 0 Å². The summed E-state index contributed by atoms with van der Waals surface area (Å²) in [5, 5.41) is 11.1. The van der Waals surface area contributed by atoms with Crippen molar-refractivity contribution in [2.45, 2.75) is 0 Å². The first kappa shape index (κ1) is 8.25. The Kier molecular flexibility index (Phi) is 2.42. The van der Waals surface area contributed by atoms with E-state index in [4.69, 9.17) is 15.7 Å². The van der Waals surface area contributed by atoms with Gasteiger partial charge >= 0.3 is 6.01 Å². The molecular weight excluding hydrogens is 160 g/mol. The third kappa shape index (κ3) is 1.60. The summed E-state index contributed by atoms with van der Waals surface area (Å²) < 4.78 is 4.74. The number of amidine groups is 1. The van der Waals surface area contributed by atoms with Crippen LogP contribution >= 0.6 is 0 Å². The van der Waals surface area contributed by atoms with Crippen LogP contribution in [-0.4, -0.2) is 28.1 Å². The fourth-order valence-corrected chi connectivity index (χ4v) is 0.633. The lowest BCUT2D eigenvalue weighted by molar-refractivity contribution is 0.318. The molecule has 0 radical (unpaired) electrons. The predicted octanol–water partition coefficient (Wildman–Crippen LogP) is -0.420. The Balaban J connectivity index is 3.02. The number of nitrogens with two attached hydrogens (primary N) is 1. The van der Waals surface area contributed by atoms with Crippen molar-refractivity contribution < 1.29 is 9.94 Å². The summed E-state index contributed by atoms with van der Waals surface area (Å²) in [4.78, 5) is 7.56. The molecule has 0 unspecified atom stereocenters. The van der Waals surface area contributed by atoms with E-state index in [-0.39, 0.29) is 11.8 Å². The maximum Gasteiger partial charge on any atom is 0.316 e. The highest BCUT2D eigenvalue weighted by molar-refractivity contribution is 5.95. The summed E-state index contributed by atoms with van der Waals surface area (Å²) in [6.45, 7) is 0. The van der Waals surface area contributed by atoms with Crippen LogP contribution in [0.5, 0.6) is 6.01 Å². The number of nitrogens with zero attached hydrogens (tertiary/aromatic N) is 3. The van der Waals surface area contributed by atoms with E-state index in [2.05, 4.69) is 15.1 Å². The van der Waals surface area contributed by atoms with Crippen LogP contribution in [0.2, 0.25) is 0 Å². The molecule has 0 spiro atoms. The number of hydrogen-bond donors (Lipinski definition) is 2. The third-order valence-electron chi connectivity index (χ3n) is 1.19. The first-order chi connectivity index (χ1) is 5.77. The molecule has 1 aromatic heterocycles. The standard InChI is InChI=1S/C6H8N4O2/c1-12-6-8-3-2-4(9-6)5(7)10-11/h2-3,11H,1H3,(H2,7,10). The Hall–Kier alpha value is -1.85. The van der Waals surface area contributed by atoms with Crippen molar-refractivity contribution in [3.8, 4) is 6.01 Å². The van der Waals surface area contributed by atoms with Gasteiger partial charge in [-0.15, -0.1) is 0 Å². The second-order valence-corrected chi connectivity index (χ2v) is 1.91. The lowest BCUT2D eigenvalue weighted by Crippen LogP contribution is -2.15. The minimum absolute atomic E-state index is 0.0734. The molecule has 0 bridgehead atoms. The second kappa shape index (κ2) is 3.51. The maximum absolute atomic E-state index is 8.31. The average molecular weight is 168 g/mol. The molecule has 0 aromatic carbocycles. The van der Waals surface area contributed by atoms with Crippen molar-refractivity contribution in [1.82, 2.24) is 9.97 Å². The monoisotopic (exact) mass is 168 g/mol. The number of oxime groups is 1. The van der Waals surface area contributed by atoms with Crippen molar-refractivity contribution >= 4 is 5.84 Å². The van der Waals surface area contributed by atoms with Crippen LogP contribution < -0.4 is 10.5 Å². The van der Waals surface area contributed by atoms with E-state index in [1.54, 1.807) is 0 Å². The molecule has 6 heteroatoms. The first-order valence-electron chi connectivity index (χ1n) is 3.13. The summed E-state index contributed by atoms with van der Waals surface area (Å²) in [5.41, 5.74) is 5.60. The molecule has 64 valence electrons. The Labute approximate surface area is 68.7 Å². The van der Waals surface area contributed by atoms with E-state index in [1.807, 2.05) is 0 Å². The fraction of sp³-hybridized carbons (Fsp3) is 0.167. The zero-order chi connectivity index (χ0) is 8.97. The maximum atomic E-state index is 8.31. The largest absolute Gasteiger partial charge is 0.467 e. The van der Waals surface area contributed by atoms with Crippen molar-refractivity contribution in [2.24, 2.45) is 10.9 Å². The molecule has 12 heavy (non-hydrogen) atoms. The summed E-state index contributed by atoms with van der Waals surface area (Å²) in [6.07, 6.45) is 1.46. The Morgan fingerprint density at radius 3 is 3.08 bits per heavy atom. The molecule has 0 atom stereocenters. The lowest BCUT2D eigenvalue weighted by Gasteiger charge is -1.99. The second-order valence-electron chi connectivity index (χ2n) is 1.91. The summed E-state index contributed by atoms with van der Waals surface area (Å²) >= 11 is 0. The van der Waals surface area contributed by atoms with E-state index in [1.165, 1.54) is 19.4 Å². The highest BCUT2D eigenvalue weighted by Gasteiger charge is 2.02. The number of hydrogen-bond acceptors (Lipinski definition) is 5. The van der Waals surface area contributed by atoms with E-state index in [9.17, 15) is 0 Å². The quantitative estimate of drug-likeness (QED) is 0.271. The third-order valence-corrected chi connectivity index (χ3v) is 1.19. The zero-order valence-electron chi connectivity index (χ0n) is 6.43. The molecule has 0 aliphatic rings. The van der Waals surface area contributed by atoms with Gasteiger partial charge in [-0.1, -0.05) is 5.16 Å². The molecule has 1 aromatic rings. The molecule has 0 aliphatic carbocycles. The summed E-state index contributed by atoms with van der Waals surface area (Å²) in [5.74, 6) is -0.0734. The smallest absolute Gasteiger partial charge is 0.316 e. The minimum atomic E-state index is -0.0734. The first-order valence-corrected chi connectivity index (χ1v) is 3.13. The van der Waals surface area contributed by atoms with Gasteiger partial charge in [0.1, 0.15) is 5.69 Å². The number of methoxy groups -OCH3 is 1. The molecule has 0 saturated carbocycles. The van der Waals surface area contributed by atoms with Gasteiger partial charge < -0.3 is 15.7 Å². The van der Waals surface area contributed by atoms with Crippen molar-refractivity contribution in [3.05, 3.63) is 18.0 Å². The van der Waals surface area contributed by atoms with Gasteiger partial charge in [0.15, 0.2) is 5.84 Å². The van der Waals surface area contributed by atoms with Gasteiger partial charge in [-0.25, -0.2) is 4.98 Å². The van der Waals surface area contributed by atoms with Crippen LogP contribution in [0.15, 0.2) is 17.4 Å². The highest BCUT2D eigenvalue weighted by Crippen LogP contribution is 2.00. The van der Waals surface area contributed by atoms with Crippen LogP contribution in [0.1, 0.15) is 5.69 Å². The zero-order valence-corrected chi connectivity index (χ0v) is 6.43. The van der Waals surface area contributed by atoms with Crippen LogP contribution in [-0.2, 0) is 0 Å². The van der Waals surface area contributed by atoms with E-state index in [0.717, 1.165) is 0 Å². The Bertz CT molecular complexity index is 299. The molecule has 0 fully saturated rings. The van der Waals surface area contributed by atoms with Crippen molar-refractivity contribution in [1.29, 1.82) is 0 Å². The van der Waals surface area contributed by atoms with Crippen LogP contribution in [0, 0.1) is 0 Å². The molecule has 1 heterocycles. The summed E-state index contributed by atoms with van der Waals surface area (Å²) in [7, 11) is 1.44. The molecule has 0 amide bonds. The van der Waals surface area contributed by atoms with Gasteiger partial charge in [0.05, 0.1) is 7.11 Å². The van der Waals surface area contributed by atoms with Gasteiger partial charge in [-0.2, -0.15) is 4.98 Å². The number of rotatable bonds is 2. The van der Waals surface area contributed by atoms with Gasteiger partial charge in [-0.05, 0) is 6.07 Å². The van der Waals surface area contributed by atoms with Crippen LogP contribution in [0.25, 0.3) is 0 Å². The van der Waals surface area contributed by atoms with Gasteiger partial charge in [0.25, 0.3) is 0 Å². The molecule has 0 saturated heterocycles. The van der Waals surface area contributed by atoms with Crippen molar-refractivity contribution in [2.75, 3.05) is 7.11 Å². The molecular formula is C6H8N4O2.